The van der Waals surface area contributed by atoms with Crippen LogP contribution < -0.4 is 5.32 Å². The lowest BCUT2D eigenvalue weighted by atomic mass is 10.2. The van der Waals surface area contributed by atoms with Crippen LogP contribution in [-0.2, 0) is 4.74 Å². The molecule has 4 heteroatoms. The Balaban J connectivity index is 2.43. The molecule has 0 aromatic heterocycles. The highest BCUT2D eigenvalue weighted by Crippen LogP contribution is 2.13. The Hall–Kier alpha value is -1.57. The van der Waals surface area contributed by atoms with Crippen molar-refractivity contribution >= 4 is 5.69 Å². The van der Waals surface area contributed by atoms with Crippen molar-refractivity contribution in [2.45, 2.75) is 32.5 Å². The van der Waals surface area contributed by atoms with Gasteiger partial charge in [-0.2, -0.15) is 5.26 Å². The lowest BCUT2D eigenvalue weighted by Gasteiger charge is -2.22. The highest BCUT2D eigenvalue weighted by Gasteiger charge is 2.13. The van der Waals surface area contributed by atoms with Crippen LogP contribution in [0.25, 0.3) is 0 Å². The van der Waals surface area contributed by atoms with E-state index in [0.717, 1.165) is 5.69 Å². The van der Waals surface area contributed by atoms with Gasteiger partial charge in [-0.05, 0) is 32.9 Å². The number of nitrogens with one attached hydrogen (secondary N) is 1. The molecule has 0 spiro atoms. The lowest BCUT2D eigenvalue weighted by Crippen LogP contribution is -2.30. The molecule has 0 fully saturated rings. The van der Waals surface area contributed by atoms with Crippen LogP contribution in [0.5, 0.6) is 0 Å². The first-order chi connectivity index (χ1) is 8.42. The van der Waals surface area contributed by atoms with Gasteiger partial charge >= 0.3 is 0 Å². The first-order valence-electron chi connectivity index (χ1n) is 5.97. The molecule has 98 valence electrons. The fourth-order valence-corrected chi connectivity index (χ4v) is 1.37. The number of benzene rings is 1. The van der Waals surface area contributed by atoms with E-state index in [1.54, 1.807) is 6.07 Å². The second kappa shape index (κ2) is 6.39. The molecule has 0 aliphatic heterocycles. The van der Waals surface area contributed by atoms with Crippen LogP contribution in [0.15, 0.2) is 24.3 Å². The fourth-order valence-electron chi connectivity index (χ4n) is 1.37. The number of nitriles is 1. The molecule has 2 N–H and O–H groups in total. The fraction of sp³-hybridized carbons (Fsp3) is 0.500. The molecular weight excluding hydrogens is 228 g/mol. The summed E-state index contributed by atoms with van der Waals surface area (Å²) in [5.41, 5.74) is 1.04. The summed E-state index contributed by atoms with van der Waals surface area (Å²) in [6, 6.07) is 9.31. The third kappa shape index (κ3) is 5.17. The summed E-state index contributed by atoms with van der Waals surface area (Å²) in [5.74, 6) is 0. The summed E-state index contributed by atoms with van der Waals surface area (Å²) in [5, 5.41) is 21.7. The van der Waals surface area contributed by atoms with Crippen molar-refractivity contribution in [1.29, 1.82) is 5.26 Å². The van der Waals surface area contributed by atoms with Crippen molar-refractivity contribution in [2.24, 2.45) is 0 Å². The Morgan fingerprint density at radius 3 is 2.67 bits per heavy atom. The molecule has 1 rings (SSSR count). The van der Waals surface area contributed by atoms with Crippen LogP contribution >= 0.6 is 0 Å². The average molecular weight is 248 g/mol. The third-order valence-electron chi connectivity index (χ3n) is 2.28. The van der Waals surface area contributed by atoms with Crippen molar-refractivity contribution in [3.05, 3.63) is 29.8 Å². The molecule has 0 amide bonds. The van der Waals surface area contributed by atoms with Crippen molar-refractivity contribution in [1.82, 2.24) is 0 Å². The minimum atomic E-state index is -0.601. The minimum Gasteiger partial charge on any atom is -0.389 e. The molecule has 0 heterocycles. The second-order valence-electron chi connectivity index (χ2n) is 5.12. The van der Waals surface area contributed by atoms with Gasteiger partial charge in [0.15, 0.2) is 0 Å². The predicted molar refractivity (Wildman–Crippen MR) is 71.4 cm³/mol. The number of nitrogens with zero attached hydrogens (tertiary/aromatic N) is 1. The molecule has 18 heavy (non-hydrogen) atoms. The SMILES string of the molecule is CC(C)(C)OCC(O)CNc1ccccc1C#N. The van der Waals surface area contributed by atoms with Crippen LogP contribution in [0.2, 0.25) is 0 Å². The summed E-state index contributed by atoms with van der Waals surface area (Å²) >= 11 is 0. The molecular formula is C14H20N2O2. The van der Waals surface area contributed by atoms with Gasteiger partial charge in [-0.25, -0.2) is 0 Å². The zero-order valence-electron chi connectivity index (χ0n) is 11.1. The van der Waals surface area contributed by atoms with E-state index in [-0.39, 0.29) is 12.2 Å². The van der Waals surface area contributed by atoms with Crippen LogP contribution in [0.1, 0.15) is 26.3 Å². The quantitative estimate of drug-likeness (QED) is 0.838. The van der Waals surface area contributed by atoms with E-state index in [2.05, 4.69) is 11.4 Å². The number of aliphatic hydroxyl groups is 1. The second-order valence-corrected chi connectivity index (χ2v) is 5.12. The molecule has 0 aliphatic carbocycles. The Labute approximate surface area is 108 Å². The topological polar surface area (TPSA) is 65.3 Å². The molecule has 0 saturated heterocycles. The summed E-state index contributed by atoms with van der Waals surface area (Å²) in [6.07, 6.45) is -0.601. The molecule has 1 unspecified atom stereocenters. The van der Waals surface area contributed by atoms with E-state index in [0.29, 0.717) is 12.1 Å². The Kier molecular flexibility index (Phi) is 5.14. The number of para-hydroxylation sites is 1. The van der Waals surface area contributed by atoms with Gasteiger partial charge < -0.3 is 15.2 Å². The zero-order chi connectivity index (χ0) is 13.6. The first-order valence-corrected chi connectivity index (χ1v) is 5.97. The molecule has 0 radical (unpaired) electrons. The number of hydrogen-bond donors (Lipinski definition) is 2. The Bertz CT molecular complexity index is 419. The van der Waals surface area contributed by atoms with Gasteiger partial charge in [-0.1, -0.05) is 12.1 Å². The van der Waals surface area contributed by atoms with Gasteiger partial charge in [0.05, 0.1) is 29.6 Å². The highest BCUT2D eigenvalue weighted by atomic mass is 16.5. The Morgan fingerprint density at radius 1 is 1.39 bits per heavy atom. The maximum Gasteiger partial charge on any atom is 0.101 e. The maximum absolute atomic E-state index is 9.77. The van der Waals surface area contributed by atoms with Crippen molar-refractivity contribution < 1.29 is 9.84 Å². The number of hydrogen-bond acceptors (Lipinski definition) is 4. The van der Waals surface area contributed by atoms with Crippen molar-refractivity contribution in [2.75, 3.05) is 18.5 Å². The summed E-state index contributed by atoms with van der Waals surface area (Å²) in [7, 11) is 0. The first kappa shape index (κ1) is 14.5. The van der Waals surface area contributed by atoms with Gasteiger partial charge in [0.1, 0.15) is 6.07 Å². The number of ether oxygens (including phenoxy) is 1. The predicted octanol–water partition coefficient (Wildman–Crippen LogP) is 2.15. The molecule has 1 atom stereocenters. The lowest BCUT2D eigenvalue weighted by molar-refractivity contribution is -0.0449. The average Bonchev–Trinajstić information content (AvgIpc) is 2.33. The van der Waals surface area contributed by atoms with Gasteiger partial charge in [0.2, 0.25) is 0 Å². The van der Waals surface area contributed by atoms with E-state index >= 15 is 0 Å². The molecule has 1 aromatic rings. The van der Waals surface area contributed by atoms with E-state index in [9.17, 15) is 5.11 Å². The molecule has 1 aromatic carbocycles. The maximum atomic E-state index is 9.77. The van der Waals surface area contributed by atoms with Gasteiger partial charge in [0, 0.05) is 6.54 Å². The normalized spacial score (nSPS) is 12.8. The van der Waals surface area contributed by atoms with Crippen LogP contribution in [-0.4, -0.2) is 30.0 Å². The molecule has 0 aliphatic rings. The van der Waals surface area contributed by atoms with Gasteiger partial charge in [-0.3, -0.25) is 0 Å². The summed E-state index contributed by atoms with van der Waals surface area (Å²) in [6.45, 7) is 6.45. The van der Waals surface area contributed by atoms with E-state index in [4.69, 9.17) is 10.00 Å². The number of aliphatic hydroxyl groups excluding tert-OH is 1. The third-order valence-corrected chi connectivity index (χ3v) is 2.28. The van der Waals surface area contributed by atoms with Crippen molar-refractivity contribution in [3.63, 3.8) is 0 Å². The highest BCUT2D eigenvalue weighted by molar-refractivity contribution is 5.57. The molecule has 4 nitrogen and oxygen atoms in total. The summed E-state index contributed by atoms with van der Waals surface area (Å²) in [4.78, 5) is 0. The minimum absolute atomic E-state index is 0.258. The van der Waals surface area contributed by atoms with E-state index in [1.807, 2.05) is 39.0 Å². The molecule has 0 saturated carbocycles. The van der Waals surface area contributed by atoms with E-state index in [1.165, 1.54) is 0 Å². The summed E-state index contributed by atoms with van der Waals surface area (Å²) < 4.78 is 5.48. The number of anilines is 1. The standard InChI is InChI=1S/C14H20N2O2/c1-14(2,3)18-10-12(17)9-16-13-7-5-4-6-11(13)8-15/h4-7,12,16-17H,9-10H2,1-3H3. The van der Waals surface area contributed by atoms with Gasteiger partial charge in [-0.15, -0.1) is 0 Å². The van der Waals surface area contributed by atoms with Crippen LogP contribution in [0.3, 0.4) is 0 Å². The van der Waals surface area contributed by atoms with Gasteiger partial charge in [0.25, 0.3) is 0 Å². The monoisotopic (exact) mass is 248 g/mol. The van der Waals surface area contributed by atoms with Crippen LogP contribution in [0, 0.1) is 11.3 Å². The largest absolute Gasteiger partial charge is 0.389 e. The Morgan fingerprint density at radius 2 is 2.06 bits per heavy atom. The van der Waals surface area contributed by atoms with E-state index < -0.39 is 6.10 Å². The number of rotatable bonds is 5. The van der Waals surface area contributed by atoms with Crippen molar-refractivity contribution in [3.8, 4) is 6.07 Å². The zero-order valence-corrected chi connectivity index (χ0v) is 11.1. The van der Waals surface area contributed by atoms with Crippen LogP contribution in [0.4, 0.5) is 5.69 Å². The smallest absolute Gasteiger partial charge is 0.101 e. The molecule has 0 bridgehead atoms.